The maximum absolute atomic E-state index is 11.1. The van der Waals surface area contributed by atoms with Gasteiger partial charge in [0.1, 0.15) is 0 Å². The summed E-state index contributed by atoms with van der Waals surface area (Å²) in [6.45, 7) is 1.94. The van der Waals surface area contributed by atoms with Crippen LogP contribution in [-0.4, -0.2) is 23.4 Å². The van der Waals surface area contributed by atoms with Gasteiger partial charge in [-0.25, -0.2) is 4.79 Å². The van der Waals surface area contributed by atoms with Gasteiger partial charge >= 0.3 is 6.03 Å². The molecular formula is C8H13ClN2O2. The second kappa shape index (κ2) is 3.96. The molecule has 0 heterocycles. The fraction of sp³-hybridized carbons (Fsp3) is 0.750. The molecule has 3 amide bonds. The number of urea groups is 1. The third-order valence-corrected chi connectivity index (χ3v) is 2.18. The Morgan fingerprint density at radius 1 is 1.46 bits per heavy atom. The largest absolute Gasteiger partial charge is 0.333 e. The first-order chi connectivity index (χ1) is 6.06. The maximum atomic E-state index is 11.1. The molecule has 0 unspecified atom stereocenters. The second-order valence-corrected chi connectivity index (χ2v) is 3.88. The molecule has 0 bridgehead atoms. The van der Waals surface area contributed by atoms with Gasteiger partial charge in [-0.3, -0.25) is 10.1 Å². The van der Waals surface area contributed by atoms with E-state index in [0.717, 1.165) is 12.8 Å². The molecule has 0 atom stereocenters. The molecular weight excluding hydrogens is 192 g/mol. The van der Waals surface area contributed by atoms with Gasteiger partial charge < -0.3 is 5.32 Å². The van der Waals surface area contributed by atoms with Gasteiger partial charge in [0.25, 0.3) is 0 Å². The van der Waals surface area contributed by atoms with Crippen molar-refractivity contribution in [2.24, 2.45) is 0 Å². The van der Waals surface area contributed by atoms with Crippen LogP contribution >= 0.6 is 11.6 Å². The average Bonchev–Trinajstić information content (AvgIpc) is 2.67. The molecule has 4 nitrogen and oxygen atoms in total. The molecule has 1 aliphatic rings. The Labute approximate surface area is 82.0 Å². The van der Waals surface area contributed by atoms with E-state index < -0.39 is 6.03 Å². The summed E-state index contributed by atoms with van der Waals surface area (Å²) in [4.78, 5) is 22.0. The molecule has 1 rings (SSSR count). The zero-order chi connectivity index (χ0) is 9.90. The summed E-state index contributed by atoms with van der Waals surface area (Å²) >= 11 is 5.33. The summed E-state index contributed by atoms with van der Waals surface area (Å²) in [5, 5.41) is 4.91. The third kappa shape index (κ3) is 3.63. The normalized spacial score (nSPS) is 17.7. The lowest BCUT2D eigenvalue weighted by Crippen LogP contribution is -2.44. The Hall–Kier alpha value is -0.770. The van der Waals surface area contributed by atoms with E-state index in [1.807, 2.05) is 6.92 Å². The van der Waals surface area contributed by atoms with E-state index in [-0.39, 0.29) is 23.7 Å². The lowest BCUT2D eigenvalue weighted by atomic mass is 10.3. The summed E-state index contributed by atoms with van der Waals surface area (Å²) in [5.74, 6) is -0.104. The van der Waals surface area contributed by atoms with Gasteiger partial charge in [0.2, 0.25) is 5.91 Å². The van der Waals surface area contributed by atoms with E-state index in [4.69, 9.17) is 11.6 Å². The quantitative estimate of drug-likeness (QED) is 0.674. The van der Waals surface area contributed by atoms with Crippen LogP contribution in [0.1, 0.15) is 26.2 Å². The molecule has 0 aromatic carbocycles. The van der Waals surface area contributed by atoms with Gasteiger partial charge in [0.05, 0.1) is 0 Å². The fourth-order valence-electron chi connectivity index (χ4n) is 0.893. The van der Waals surface area contributed by atoms with Crippen molar-refractivity contribution in [1.29, 1.82) is 0 Å². The lowest BCUT2D eigenvalue weighted by molar-refractivity contribution is -0.119. The Balaban J connectivity index is 2.21. The molecule has 0 aliphatic heterocycles. The number of alkyl halides is 1. The molecule has 1 saturated carbocycles. The number of imide groups is 1. The third-order valence-electron chi connectivity index (χ3n) is 1.99. The first kappa shape index (κ1) is 10.3. The Morgan fingerprint density at radius 2 is 2.08 bits per heavy atom. The van der Waals surface area contributed by atoms with Crippen molar-refractivity contribution in [1.82, 2.24) is 10.6 Å². The number of rotatable bonds is 3. The zero-order valence-electron chi connectivity index (χ0n) is 7.52. The molecule has 5 heteroatoms. The van der Waals surface area contributed by atoms with Crippen molar-refractivity contribution in [2.75, 3.05) is 5.88 Å². The minimum absolute atomic E-state index is 0.0919. The van der Waals surface area contributed by atoms with Crippen molar-refractivity contribution in [2.45, 2.75) is 31.7 Å². The van der Waals surface area contributed by atoms with Crippen LogP contribution in [0.25, 0.3) is 0 Å². The predicted octanol–water partition coefficient (Wildman–Crippen LogP) is 0.994. The summed E-state index contributed by atoms with van der Waals surface area (Å²) in [6.07, 6.45) is 2.12. The Kier molecular flexibility index (Phi) is 3.14. The van der Waals surface area contributed by atoms with Crippen molar-refractivity contribution in [3.63, 3.8) is 0 Å². The summed E-state index contributed by atoms with van der Waals surface area (Å²) in [5.41, 5.74) is -0.0919. The Morgan fingerprint density at radius 3 is 2.54 bits per heavy atom. The van der Waals surface area contributed by atoms with Crippen LogP contribution in [0.3, 0.4) is 0 Å². The van der Waals surface area contributed by atoms with E-state index in [9.17, 15) is 9.59 Å². The van der Waals surface area contributed by atoms with E-state index in [1.54, 1.807) is 0 Å². The molecule has 1 aliphatic carbocycles. The molecule has 0 aromatic heterocycles. The number of hydrogen-bond donors (Lipinski definition) is 2. The highest BCUT2D eigenvalue weighted by atomic mass is 35.5. The number of halogens is 1. The van der Waals surface area contributed by atoms with Crippen molar-refractivity contribution in [3.8, 4) is 0 Å². The van der Waals surface area contributed by atoms with Crippen LogP contribution in [0, 0.1) is 0 Å². The van der Waals surface area contributed by atoms with Gasteiger partial charge in [0.15, 0.2) is 0 Å². The second-order valence-electron chi connectivity index (χ2n) is 3.50. The lowest BCUT2D eigenvalue weighted by Gasteiger charge is -2.11. The molecule has 1 fully saturated rings. The van der Waals surface area contributed by atoms with E-state index in [1.165, 1.54) is 0 Å². The molecule has 0 radical (unpaired) electrons. The number of carbonyl (C=O) groups is 2. The molecule has 13 heavy (non-hydrogen) atoms. The molecule has 0 aromatic rings. The van der Waals surface area contributed by atoms with Crippen LogP contribution < -0.4 is 10.6 Å². The topological polar surface area (TPSA) is 58.2 Å². The fourth-order valence-corrected chi connectivity index (χ4v) is 1.06. The first-order valence-corrected chi connectivity index (χ1v) is 4.77. The Bertz CT molecular complexity index is 226. The zero-order valence-corrected chi connectivity index (χ0v) is 8.28. The monoisotopic (exact) mass is 204 g/mol. The maximum Gasteiger partial charge on any atom is 0.321 e. The van der Waals surface area contributed by atoms with Crippen LogP contribution in [0.4, 0.5) is 4.79 Å². The highest BCUT2D eigenvalue weighted by Crippen LogP contribution is 2.33. The molecule has 0 spiro atoms. The standard InChI is InChI=1S/C8H13ClN2O2/c1-8(3-4-8)11-7(13)10-6(12)2-5-9/h2-5H2,1H3,(H2,10,11,12,13). The summed E-state index contributed by atoms with van der Waals surface area (Å²) < 4.78 is 0. The van der Waals surface area contributed by atoms with Crippen molar-refractivity contribution >= 4 is 23.5 Å². The predicted molar refractivity (Wildman–Crippen MR) is 49.7 cm³/mol. The van der Waals surface area contributed by atoms with Gasteiger partial charge in [-0.1, -0.05) is 0 Å². The number of hydrogen-bond acceptors (Lipinski definition) is 2. The van der Waals surface area contributed by atoms with E-state index in [2.05, 4.69) is 10.6 Å². The molecule has 74 valence electrons. The van der Waals surface area contributed by atoms with E-state index in [0.29, 0.717) is 0 Å². The van der Waals surface area contributed by atoms with Crippen LogP contribution in [0.5, 0.6) is 0 Å². The smallest absolute Gasteiger partial charge is 0.321 e. The highest BCUT2D eigenvalue weighted by Gasteiger charge is 2.38. The van der Waals surface area contributed by atoms with Gasteiger partial charge in [0, 0.05) is 17.8 Å². The number of carbonyl (C=O) groups excluding carboxylic acids is 2. The minimum Gasteiger partial charge on any atom is -0.333 e. The van der Waals surface area contributed by atoms with Gasteiger partial charge in [-0.15, -0.1) is 11.6 Å². The van der Waals surface area contributed by atoms with E-state index >= 15 is 0 Å². The van der Waals surface area contributed by atoms with Gasteiger partial charge in [-0.2, -0.15) is 0 Å². The molecule has 0 saturated heterocycles. The SMILES string of the molecule is CC1(NC(=O)NC(=O)CCCl)CC1. The summed E-state index contributed by atoms with van der Waals surface area (Å²) in [6, 6.07) is -0.421. The van der Waals surface area contributed by atoms with Gasteiger partial charge in [-0.05, 0) is 19.8 Å². The highest BCUT2D eigenvalue weighted by molar-refractivity contribution is 6.19. The molecule has 2 N–H and O–H groups in total. The number of nitrogens with one attached hydrogen (secondary N) is 2. The van der Waals surface area contributed by atoms with Crippen LogP contribution in [0.2, 0.25) is 0 Å². The van der Waals surface area contributed by atoms with Crippen molar-refractivity contribution in [3.05, 3.63) is 0 Å². The van der Waals surface area contributed by atoms with Crippen molar-refractivity contribution < 1.29 is 9.59 Å². The number of amides is 3. The minimum atomic E-state index is -0.421. The van der Waals surface area contributed by atoms with Crippen LogP contribution in [0.15, 0.2) is 0 Å². The van der Waals surface area contributed by atoms with Crippen LogP contribution in [-0.2, 0) is 4.79 Å². The summed E-state index contributed by atoms with van der Waals surface area (Å²) in [7, 11) is 0. The average molecular weight is 205 g/mol. The first-order valence-electron chi connectivity index (χ1n) is 4.24.